The van der Waals surface area contributed by atoms with Crippen molar-refractivity contribution in [2.45, 2.75) is 18.1 Å². The molecule has 0 N–H and O–H groups in total. The molecule has 1 atom stereocenters. The van der Waals surface area contributed by atoms with Gasteiger partial charge in [-0.05, 0) is 12.8 Å². The molecule has 0 radical (unpaired) electrons. The summed E-state index contributed by atoms with van der Waals surface area (Å²) in [5.74, 6) is 0. The van der Waals surface area contributed by atoms with Gasteiger partial charge in [0.1, 0.15) is 0 Å². The van der Waals surface area contributed by atoms with Gasteiger partial charge in [-0.25, -0.2) is 11.5 Å². The van der Waals surface area contributed by atoms with E-state index in [4.69, 9.17) is 0 Å². The van der Waals surface area contributed by atoms with Gasteiger partial charge < -0.3 is 0 Å². The largest absolute Gasteiger partial charge is 0.246 e. The summed E-state index contributed by atoms with van der Waals surface area (Å²) >= 11 is 2.18. The molecule has 0 aromatic rings. The molecule has 0 amide bonds. The zero-order valence-corrected chi connectivity index (χ0v) is 9.43. The van der Waals surface area contributed by atoms with E-state index in [-0.39, 0.29) is 5.25 Å². The van der Waals surface area contributed by atoms with E-state index in [9.17, 15) is 8.42 Å². The van der Waals surface area contributed by atoms with Gasteiger partial charge in [-0.15, -0.1) is 0 Å². The highest BCUT2D eigenvalue weighted by Crippen LogP contribution is 2.18. The first kappa shape index (κ1) is 9.73. The zero-order valence-electron chi connectivity index (χ0n) is 6.46. The predicted molar refractivity (Wildman–Crippen MR) is 53.5 cm³/mol. The van der Waals surface area contributed by atoms with Crippen molar-refractivity contribution in [3.63, 3.8) is 0 Å². The summed E-state index contributed by atoms with van der Waals surface area (Å²) in [7, 11) is -2.81. The highest BCUT2D eigenvalue weighted by molar-refractivity contribution is 14.1. The summed E-state index contributed by atoms with van der Waals surface area (Å²) in [6.45, 7) is 1.71. The van der Waals surface area contributed by atoms with Crippen molar-refractivity contribution in [1.82, 2.24) is 3.11 Å². The van der Waals surface area contributed by atoms with Gasteiger partial charge >= 0.3 is 0 Å². The van der Waals surface area contributed by atoms with E-state index in [1.807, 2.05) is 3.11 Å². The van der Waals surface area contributed by atoms with Crippen LogP contribution in [0, 0.1) is 0 Å². The van der Waals surface area contributed by atoms with Crippen LogP contribution in [0.3, 0.4) is 0 Å². The fraction of sp³-hybridized carbons (Fsp3) is 1.00. The second-order valence-corrected chi connectivity index (χ2v) is 6.65. The lowest BCUT2D eigenvalue weighted by atomic mass is 10.2. The fourth-order valence-corrected chi connectivity index (χ4v) is 3.37. The molecule has 0 bridgehead atoms. The van der Waals surface area contributed by atoms with Crippen LogP contribution < -0.4 is 0 Å². The topological polar surface area (TPSA) is 37.4 Å². The minimum Gasteiger partial charge on any atom is -0.246 e. The van der Waals surface area contributed by atoms with Crippen molar-refractivity contribution in [3.8, 4) is 0 Å². The van der Waals surface area contributed by atoms with Crippen LogP contribution in [0.2, 0.25) is 0 Å². The Morgan fingerprint density at radius 2 is 2.18 bits per heavy atom. The van der Waals surface area contributed by atoms with E-state index < -0.39 is 9.84 Å². The molecular formula is C6H12INO2S. The maximum absolute atomic E-state index is 11.1. The van der Waals surface area contributed by atoms with E-state index in [2.05, 4.69) is 22.9 Å². The summed E-state index contributed by atoms with van der Waals surface area (Å²) < 4.78 is 24.3. The first-order valence-corrected chi connectivity index (χ1v) is 6.51. The summed E-state index contributed by atoms with van der Waals surface area (Å²) in [6.07, 6.45) is 3.16. The molecule has 1 fully saturated rings. The van der Waals surface area contributed by atoms with Crippen LogP contribution in [-0.4, -0.2) is 36.1 Å². The monoisotopic (exact) mass is 289 g/mol. The quantitative estimate of drug-likeness (QED) is 0.530. The van der Waals surface area contributed by atoms with Crippen LogP contribution in [0.25, 0.3) is 0 Å². The van der Waals surface area contributed by atoms with Crippen LogP contribution >= 0.6 is 22.9 Å². The number of hydrogen-bond acceptors (Lipinski definition) is 3. The number of sulfone groups is 1. The zero-order chi connectivity index (χ0) is 8.48. The van der Waals surface area contributed by atoms with Crippen molar-refractivity contribution < 1.29 is 8.42 Å². The maximum Gasteiger partial charge on any atom is 0.151 e. The molecule has 0 spiro atoms. The summed E-state index contributed by atoms with van der Waals surface area (Å²) in [5, 5.41) is -0.131. The van der Waals surface area contributed by atoms with Crippen molar-refractivity contribution in [2.75, 3.05) is 19.3 Å². The van der Waals surface area contributed by atoms with Crippen molar-refractivity contribution in [3.05, 3.63) is 0 Å². The van der Waals surface area contributed by atoms with Crippen LogP contribution in [0.15, 0.2) is 0 Å². The molecule has 0 saturated carbocycles. The third-order valence-corrected chi connectivity index (χ3v) is 4.41. The molecule has 0 aliphatic carbocycles. The van der Waals surface area contributed by atoms with Gasteiger partial charge in [0.15, 0.2) is 9.84 Å². The second kappa shape index (κ2) is 3.57. The number of halogens is 1. The van der Waals surface area contributed by atoms with Gasteiger partial charge in [-0.1, -0.05) is 0 Å². The molecule has 1 heterocycles. The molecule has 0 aromatic carbocycles. The Bertz CT molecular complexity index is 227. The van der Waals surface area contributed by atoms with E-state index in [0.717, 1.165) is 19.4 Å². The Kier molecular flexibility index (Phi) is 3.16. The Labute approximate surface area is 81.6 Å². The number of hydrogen-bond donors (Lipinski definition) is 0. The molecule has 1 saturated heterocycles. The van der Waals surface area contributed by atoms with Gasteiger partial charge in [0.25, 0.3) is 0 Å². The van der Waals surface area contributed by atoms with Gasteiger partial charge in [-0.3, -0.25) is 0 Å². The van der Waals surface area contributed by atoms with Crippen molar-refractivity contribution in [2.24, 2.45) is 0 Å². The first-order valence-electron chi connectivity index (χ1n) is 3.60. The molecule has 3 nitrogen and oxygen atoms in total. The Balaban J connectivity index is 2.60. The standard InChI is InChI=1S/C6H12INO2S/c1-11(9,10)6-3-2-4-8(7)5-6/h6H,2-5H2,1H3. The van der Waals surface area contributed by atoms with Gasteiger partial charge in [-0.2, -0.15) is 0 Å². The van der Waals surface area contributed by atoms with Crippen LogP contribution in [-0.2, 0) is 9.84 Å². The van der Waals surface area contributed by atoms with E-state index in [1.165, 1.54) is 6.26 Å². The summed E-state index contributed by atoms with van der Waals surface area (Å²) in [4.78, 5) is 0. The SMILES string of the molecule is CS(=O)(=O)C1CCCN(I)C1. The lowest BCUT2D eigenvalue weighted by molar-refractivity contribution is 0.404. The van der Waals surface area contributed by atoms with Crippen LogP contribution in [0.1, 0.15) is 12.8 Å². The maximum atomic E-state index is 11.1. The predicted octanol–water partition coefficient (Wildman–Crippen LogP) is 0.845. The summed E-state index contributed by atoms with van der Waals surface area (Å²) in [6, 6.07) is 0. The summed E-state index contributed by atoms with van der Waals surface area (Å²) in [5.41, 5.74) is 0. The average molecular weight is 289 g/mol. The Hall–Kier alpha value is 0.640. The normalized spacial score (nSPS) is 28.7. The highest BCUT2D eigenvalue weighted by Gasteiger charge is 2.25. The smallest absolute Gasteiger partial charge is 0.151 e. The Morgan fingerprint density at radius 1 is 1.55 bits per heavy atom. The van der Waals surface area contributed by atoms with Gasteiger partial charge in [0.05, 0.1) is 5.25 Å². The lowest BCUT2D eigenvalue weighted by Crippen LogP contribution is -2.36. The van der Waals surface area contributed by atoms with Gasteiger partial charge in [0, 0.05) is 42.2 Å². The second-order valence-electron chi connectivity index (χ2n) is 2.96. The highest BCUT2D eigenvalue weighted by atomic mass is 127. The molecule has 1 unspecified atom stereocenters. The average Bonchev–Trinajstić information content (AvgIpc) is 1.86. The fourth-order valence-electron chi connectivity index (χ4n) is 1.24. The molecule has 1 rings (SSSR count). The molecule has 1 aliphatic rings. The number of nitrogens with zero attached hydrogens (tertiary/aromatic N) is 1. The van der Waals surface area contributed by atoms with Crippen molar-refractivity contribution in [1.29, 1.82) is 0 Å². The number of piperidine rings is 1. The van der Waals surface area contributed by atoms with E-state index in [1.54, 1.807) is 0 Å². The third-order valence-electron chi connectivity index (χ3n) is 1.93. The van der Waals surface area contributed by atoms with Crippen molar-refractivity contribution >= 4 is 32.7 Å². The van der Waals surface area contributed by atoms with Gasteiger partial charge in [0.2, 0.25) is 0 Å². The number of rotatable bonds is 1. The minimum absolute atomic E-state index is 0.131. The first-order chi connectivity index (χ1) is 5.00. The van der Waals surface area contributed by atoms with E-state index >= 15 is 0 Å². The lowest BCUT2D eigenvalue weighted by Gasteiger charge is -2.26. The van der Waals surface area contributed by atoms with Crippen LogP contribution in [0.5, 0.6) is 0 Å². The molecule has 11 heavy (non-hydrogen) atoms. The molecule has 1 aliphatic heterocycles. The molecule has 66 valence electrons. The van der Waals surface area contributed by atoms with E-state index in [0.29, 0.717) is 6.54 Å². The third kappa shape index (κ3) is 2.87. The minimum atomic E-state index is -2.81. The molecular weight excluding hydrogens is 277 g/mol. The Morgan fingerprint density at radius 3 is 2.55 bits per heavy atom. The molecule has 0 aromatic heterocycles. The molecule has 5 heteroatoms. The van der Waals surface area contributed by atoms with Crippen LogP contribution in [0.4, 0.5) is 0 Å².